The highest BCUT2D eigenvalue weighted by Gasteiger charge is 2.15. The highest BCUT2D eigenvalue weighted by Crippen LogP contribution is 2.29. The zero-order valence-electron chi connectivity index (χ0n) is 16.9. The third-order valence-corrected chi connectivity index (χ3v) is 4.03. The summed E-state index contributed by atoms with van der Waals surface area (Å²) in [6, 6.07) is 11.4. The number of rotatable bonds is 9. The maximum atomic E-state index is 12.7. The molecule has 0 atom stereocenters. The summed E-state index contributed by atoms with van der Waals surface area (Å²) in [4.78, 5) is 14.3. The number of amides is 1. The second-order valence-electron chi connectivity index (χ2n) is 6.43. The molecule has 27 heavy (non-hydrogen) atoms. The van der Waals surface area contributed by atoms with E-state index in [0.717, 1.165) is 16.9 Å². The van der Waals surface area contributed by atoms with Crippen molar-refractivity contribution in [1.82, 2.24) is 4.90 Å². The Balaban J connectivity index is 1.98. The Hall–Kier alpha value is -2.69. The first-order valence-corrected chi connectivity index (χ1v) is 9.30. The monoisotopic (exact) mass is 371 g/mol. The zero-order valence-corrected chi connectivity index (χ0v) is 16.9. The number of aryl methyl sites for hydroxylation is 2. The summed E-state index contributed by atoms with van der Waals surface area (Å²) >= 11 is 0. The van der Waals surface area contributed by atoms with Crippen LogP contribution in [0.5, 0.6) is 17.2 Å². The zero-order chi connectivity index (χ0) is 19.8. The minimum absolute atomic E-state index is 0.0805. The van der Waals surface area contributed by atoms with E-state index in [-0.39, 0.29) is 5.91 Å². The molecule has 0 N–H and O–H groups in total. The average molecular weight is 371 g/mol. The molecule has 0 aliphatic carbocycles. The quantitative estimate of drug-likeness (QED) is 0.661. The summed E-state index contributed by atoms with van der Waals surface area (Å²) < 4.78 is 16.9. The van der Waals surface area contributed by atoms with E-state index < -0.39 is 0 Å². The van der Waals surface area contributed by atoms with E-state index in [1.54, 1.807) is 30.1 Å². The van der Waals surface area contributed by atoms with Gasteiger partial charge in [0.15, 0.2) is 11.5 Å². The Morgan fingerprint density at radius 1 is 0.889 bits per heavy atom. The van der Waals surface area contributed by atoms with Crippen LogP contribution in [0.15, 0.2) is 36.4 Å². The largest absolute Gasteiger partial charge is 0.492 e. The molecule has 0 unspecified atom stereocenters. The van der Waals surface area contributed by atoms with Gasteiger partial charge in [0.2, 0.25) is 0 Å². The van der Waals surface area contributed by atoms with E-state index in [4.69, 9.17) is 14.2 Å². The van der Waals surface area contributed by atoms with Gasteiger partial charge in [0.25, 0.3) is 5.91 Å². The molecule has 0 aliphatic heterocycles. The van der Waals surface area contributed by atoms with Crippen LogP contribution in [0.1, 0.15) is 35.3 Å². The molecule has 0 fully saturated rings. The van der Waals surface area contributed by atoms with Crippen LogP contribution < -0.4 is 14.2 Å². The topological polar surface area (TPSA) is 48.0 Å². The van der Waals surface area contributed by atoms with Gasteiger partial charge in [-0.2, -0.15) is 0 Å². The van der Waals surface area contributed by atoms with E-state index in [2.05, 4.69) is 6.07 Å². The van der Waals surface area contributed by atoms with Gasteiger partial charge in [0.1, 0.15) is 12.4 Å². The summed E-state index contributed by atoms with van der Waals surface area (Å²) in [6.45, 7) is 9.87. The molecule has 146 valence electrons. The Bertz CT molecular complexity index is 753. The number of ether oxygens (including phenoxy) is 3. The van der Waals surface area contributed by atoms with Crippen molar-refractivity contribution in [2.75, 3.05) is 33.4 Å². The molecule has 1 amide bonds. The van der Waals surface area contributed by atoms with Gasteiger partial charge in [-0.05, 0) is 69.2 Å². The fraction of sp³-hybridized carbons (Fsp3) is 0.409. The van der Waals surface area contributed by atoms with Crippen molar-refractivity contribution in [2.45, 2.75) is 27.7 Å². The van der Waals surface area contributed by atoms with E-state index in [0.29, 0.717) is 43.4 Å². The lowest BCUT2D eigenvalue weighted by Crippen LogP contribution is -2.30. The SMILES string of the molecule is CCOc1ccc(C(=O)N(C)CCOc2cc(C)cc(C)c2)cc1OCC. The van der Waals surface area contributed by atoms with Crippen LogP contribution in [0.25, 0.3) is 0 Å². The third kappa shape index (κ3) is 5.91. The summed E-state index contributed by atoms with van der Waals surface area (Å²) in [5, 5.41) is 0. The molecule has 2 rings (SSSR count). The number of likely N-dealkylation sites (N-methyl/N-ethyl adjacent to an activating group) is 1. The van der Waals surface area contributed by atoms with Crippen LogP contribution in [-0.2, 0) is 0 Å². The number of hydrogen-bond acceptors (Lipinski definition) is 4. The van der Waals surface area contributed by atoms with Crippen molar-refractivity contribution < 1.29 is 19.0 Å². The summed E-state index contributed by atoms with van der Waals surface area (Å²) in [5.74, 6) is 1.98. The fourth-order valence-corrected chi connectivity index (χ4v) is 2.82. The molecule has 0 aromatic heterocycles. The highest BCUT2D eigenvalue weighted by atomic mass is 16.5. The maximum Gasteiger partial charge on any atom is 0.253 e. The molecule has 0 bridgehead atoms. The van der Waals surface area contributed by atoms with Gasteiger partial charge in [-0.15, -0.1) is 0 Å². The van der Waals surface area contributed by atoms with Crippen LogP contribution in [-0.4, -0.2) is 44.2 Å². The summed E-state index contributed by atoms with van der Waals surface area (Å²) in [5.41, 5.74) is 2.88. The Kier molecular flexibility index (Phi) is 7.53. The number of carbonyl (C=O) groups is 1. The van der Waals surface area contributed by atoms with Gasteiger partial charge in [-0.25, -0.2) is 0 Å². The molecule has 5 nitrogen and oxygen atoms in total. The Morgan fingerprint density at radius 3 is 2.15 bits per heavy atom. The number of benzene rings is 2. The molecule has 0 heterocycles. The lowest BCUT2D eigenvalue weighted by Gasteiger charge is -2.19. The normalized spacial score (nSPS) is 10.4. The molecule has 2 aromatic rings. The van der Waals surface area contributed by atoms with Crippen molar-refractivity contribution in [3.05, 3.63) is 53.1 Å². The summed E-state index contributed by atoms with van der Waals surface area (Å²) in [7, 11) is 1.77. The van der Waals surface area contributed by atoms with Crippen molar-refractivity contribution in [3.8, 4) is 17.2 Å². The summed E-state index contributed by atoms with van der Waals surface area (Å²) in [6.07, 6.45) is 0. The first-order valence-electron chi connectivity index (χ1n) is 9.30. The van der Waals surface area contributed by atoms with Gasteiger partial charge < -0.3 is 19.1 Å². The number of carbonyl (C=O) groups excluding carboxylic acids is 1. The maximum absolute atomic E-state index is 12.7. The predicted molar refractivity (Wildman–Crippen MR) is 107 cm³/mol. The van der Waals surface area contributed by atoms with Gasteiger partial charge in [0, 0.05) is 12.6 Å². The lowest BCUT2D eigenvalue weighted by molar-refractivity contribution is 0.0773. The molecule has 2 aromatic carbocycles. The third-order valence-electron chi connectivity index (χ3n) is 4.03. The first-order chi connectivity index (χ1) is 12.9. The van der Waals surface area contributed by atoms with Crippen LogP contribution in [0.3, 0.4) is 0 Å². The predicted octanol–water partition coefficient (Wildman–Crippen LogP) is 4.25. The lowest BCUT2D eigenvalue weighted by atomic mass is 10.1. The van der Waals surface area contributed by atoms with E-state index in [9.17, 15) is 4.79 Å². The van der Waals surface area contributed by atoms with Crippen molar-refractivity contribution in [2.24, 2.45) is 0 Å². The second-order valence-corrected chi connectivity index (χ2v) is 6.43. The van der Waals surface area contributed by atoms with Crippen LogP contribution in [0.2, 0.25) is 0 Å². The van der Waals surface area contributed by atoms with Crippen LogP contribution in [0, 0.1) is 13.8 Å². The van der Waals surface area contributed by atoms with Gasteiger partial charge >= 0.3 is 0 Å². The van der Waals surface area contributed by atoms with Crippen molar-refractivity contribution in [1.29, 1.82) is 0 Å². The smallest absolute Gasteiger partial charge is 0.253 e. The Labute approximate surface area is 161 Å². The van der Waals surface area contributed by atoms with Crippen LogP contribution >= 0.6 is 0 Å². The molecule has 0 saturated carbocycles. The van der Waals surface area contributed by atoms with Gasteiger partial charge in [-0.3, -0.25) is 4.79 Å². The standard InChI is InChI=1S/C22H29NO4/c1-6-25-20-9-8-18(15-21(20)26-7-2)22(24)23(5)10-11-27-19-13-16(3)12-17(4)14-19/h8-9,12-15H,6-7,10-11H2,1-5H3. The fourth-order valence-electron chi connectivity index (χ4n) is 2.82. The van der Waals surface area contributed by atoms with Gasteiger partial charge in [0.05, 0.1) is 19.8 Å². The number of hydrogen-bond donors (Lipinski definition) is 0. The molecule has 0 aliphatic rings. The molecule has 0 radical (unpaired) electrons. The Morgan fingerprint density at radius 2 is 1.52 bits per heavy atom. The first kappa shape index (κ1) is 20.6. The molecule has 0 saturated heterocycles. The minimum atomic E-state index is -0.0805. The molecule has 0 spiro atoms. The van der Waals surface area contributed by atoms with E-state index in [1.807, 2.05) is 39.8 Å². The van der Waals surface area contributed by atoms with E-state index >= 15 is 0 Å². The molecular formula is C22H29NO4. The van der Waals surface area contributed by atoms with Crippen LogP contribution in [0.4, 0.5) is 0 Å². The van der Waals surface area contributed by atoms with Crippen molar-refractivity contribution in [3.63, 3.8) is 0 Å². The molecular weight excluding hydrogens is 342 g/mol. The minimum Gasteiger partial charge on any atom is -0.492 e. The highest BCUT2D eigenvalue weighted by molar-refractivity contribution is 5.94. The molecule has 5 heteroatoms. The van der Waals surface area contributed by atoms with Gasteiger partial charge in [-0.1, -0.05) is 6.07 Å². The van der Waals surface area contributed by atoms with Crippen molar-refractivity contribution >= 4 is 5.91 Å². The van der Waals surface area contributed by atoms with E-state index in [1.165, 1.54) is 0 Å². The average Bonchev–Trinajstić information content (AvgIpc) is 2.62. The number of nitrogens with zero attached hydrogens (tertiary/aromatic N) is 1. The second kappa shape index (κ2) is 9.86.